The number of benzene rings is 1. The molecule has 1 atom stereocenters. The lowest BCUT2D eigenvalue weighted by Crippen LogP contribution is -1.78. The van der Waals surface area contributed by atoms with E-state index in [-0.39, 0.29) is 0 Å². The van der Waals surface area contributed by atoms with Gasteiger partial charge in [-0.2, -0.15) is 0 Å². The van der Waals surface area contributed by atoms with Gasteiger partial charge in [0.1, 0.15) is 10.0 Å². The highest BCUT2D eigenvalue weighted by Gasteiger charge is 2.10. The largest absolute Gasteiger partial charge is 0.360 e. The van der Waals surface area contributed by atoms with Crippen LogP contribution >= 0.6 is 38.2 Å². The molecule has 2 rings (SSSR count). The summed E-state index contributed by atoms with van der Waals surface area (Å²) in [6.07, 6.45) is 1.62. The maximum atomic E-state index is 11.1. The Bertz CT molecular complexity index is 525. The van der Waals surface area contributed by atoms with Gasteiger partial charge >= 0.3 is 0 Å². The number of rotatable bonds is 1. The quantitative estimate of drug-likeness (QED) is 0.797. The van der Waals surface area contributed by atoms with E-state index in [1.54, 1.807) is 18.3 Å². The van der Waals surface area contributed by atoms with Gasteiger partial charge in [-0.05, 0) is 38.7 Å². The van der Waals surface area contributed by atoms with E-state index in [2.05, 4.69) is 20.9 Å². The number of aromatic amines is 1. The molecule has 6 heteroatoms. The highest BCUT2D eigenvalue weighted by atomic mass is 79.9. The molecule has 1 unspecified atom stereocenters. The van der Waals surface area contributed by atoms with Gasteiger partial charge in [0.15, 0.2) is 0 Å². The average molecular weight is 313 g/mol. The van der Waals surface area contributed by atoms with Crippen molar-refractivity contribution >= 4 is 59.1 Å². The first kappa shape index (κ1) is 10.5. The molecule has 0 amide bonds. The number of fused-ring (bicyclic) bond motifs is 1. The Kier molecular flexibility index (Phi) is 2.88. The first-order valence-electron chi connectivity index (χ1n) is 3.64. The van der Waals surface area contributed by atoms with Crippen LogP contribution in [0.25, 0.3) is 10.9 Å². The van der Waals surface area contributed by atoms with Crippen molar-refractivity contribution in [3.63, 3.8) is 0 Å². The van der Waals surface area contributed by atoms with Crippen LogP contribution in [0.15, 0.2) is 27.7 Å². The lowest BCUT2D eigenvalue weighted by molar-refractivity contribution is 0.691. The number of H-pyrrole nitrogens is 1. The predicted octanol–water partition coefficient (Wildman–Crippen LogP) is 3.85. The minimum absolute atomic E-state index is 0.569. The van der Waals surface area contributed by atoms with Crippen LogP contribution in [-0.2, 0) is 10.0 Å². The van der Waals surface area contributed by atoms with Gasteiger partial charge in [-0.3, -0.25) is 0 Å². The molecule has 0 saturated carbocycles. The minimum atomic E-state index is -1.51. The summed E-state index contributed by atoms with van der Waals surface area (Å²) in [7, 11) is 4.01. The molecule has 1 N–H and O–H groups in total. The van der Waals surface area contributed by atoms with Crippen LogP contribution in [0.4, 0.5) is 0 Å². The van der Waals surface area contributed by atoms with Crippen LogP contribution in [-0.4, -0.2) is 9.19 Å². The van der Waals surface area contributed by atoms with E-state index < -0.39 is 10.0 Å². The standard InChI is InChI=1S/C8H4BrCl2NOS/c9-5-1-4-7(2-6(5)10)12-3-8(4)14(11)13/h1-3,12H. The molecular formula is C8H4BrCl2NOS. The third-order valence-electron chi connectivity index (χ3n) is 1.86. The Morgan fingerprint density at radius 1 is 1.43 bits per heavy atom. The molecule has 0 saturated heterocycles. The van der Waals surface area contributed by atoms with Gasteiger partial charge in [0, 0.05) is 21.6 Å². The monoisotopic (exact) mass is 311 g/mol. The number of hydrogen-bond acceptors (Lipinski definition) is 1. The highest BCUT2D eigenvalue weighted by molar-refractivity contribution is 9.10. The second-order valence-corrected chi connectivity index (χ2v) is 5.68. The van der Waals surface area contributed by atoms with Crippen molar-refractivity contribution in [2.45, 2.75) is 4.90 Å². The molecule has 74 valence electrons. The van der Waals surface area contributed by atoms with E-state index in [4.69, 9.17) is 22.3 Å². The van der Waals surface area contributed by atoms with Crippen molar-refractivity contribution in [2.75, 3.05) is 0 Å². The summed E-state index contributed by atoms with van der Waals surface area (Å²) >= 11 is 9.20. The number of halogens is 3. The summed E-state index contributed by atoms with van der Waals surface area (Å²) in [6, 6.07) is 3.55. The smallest absolute Gasteiger partial charge is 0.149 e. The van der Waals surface area contributed by atoms with Crippen molar-refractivity contribution in [3.05, 3.63) is 27.8 Å². The Balaban J connectivity index is 2.80. The van der Waals surface area contributed by atoms with E-state index in [1.807, 2.05) is 0 Å². The van der Waals surface area contributed by atoms with Crippen LogP contribution in [0.2, 0.25) is 5.02 Å². The Labute approximate surface area is 101 Å². The third kappa shape index (κ3) is 1.72. The van der Waals surface area contributed by atoms with E-state index in [9.17, 15) is 4.21 Å². The fraction of sp³-hybridized carbons (Fsp3) is 0. The summed E-state index contributed by atoms with van der Waals surface area (Å²) in [4.78, 5) is 3.52. The Morgan fingerprint density at radius 3 is 2.79 bits per heavy atom. The zero-order chi connectivity index (χ0) is 10.3. The van der Waals surface area contributed by atoms with Gasteiger partial charge in [0.05, 0.1) is 9.92 Å². The van der Waals surface area contributed by atoms with Crippen LogP contribution < -0.4 is 0 Å². The fourth-order valence-electron chi connectivity index (χ4n) is 1.22. The van der Waals surface area contributed by atoms with Gasteiger partial charge in [0.2, 0.25) is 0 Å². The number of aromatic nitrogens is 1. The summed E-state index contributed by atoms with van der Waals surface area (Å²) in [6.45, 7) is 0. The SMILES string of the molecule is O=S(Cl)c1c[nH]c2cc(Cl)c(Br)cc12. The summed E-state index contributed by atoms with van der Waals surface area (Å²) < 4.78 is 11.9. The Morgan fingerprint density at radius 2 is 2.14 bits per heavy atom. The molecule has 0 bridgehead atoms. The second kappa shape index (κ2) is 3.85. The molecule has 1 aromatic carbocycles. The molecule has 2 nitrogen and oxygen atoms in total. The van der Waals surface area contributed by atoms with E-state index >= 15 is 0 Å². The fourth-order valence-corrected chi connectivity index (χ4v) is 2.61. The molecule has 0 aliphatic carbocycles. The topological polar surface area (TPSA) is 32.9 Å². The summed E-state index contributed by atoms with van der Waals surface area (Å²) in [5, 5.41) is 1.42. The van der Waals surface area contributed by atoms with Gasteiger partial charge in [-0.1, -0.05) is 11.6 Å². The molecule has 0 aliphatic heterocycles. The van der Waals surface area contributed by atoms with Gasteiger partial charge in [0.25, 0.3) is 0 Å². The van der Waals surface area contributed by atoms with Crippen molar-refractivity contribution in [2.24, 2.45) is 0 Å². The van der Waals surface area contributed by atoms with E-state index in [0.717, 1.165) is 15.4 Å². The van der Waals surface area contributed by atoms with Crippen molar-refractivity contribution < 1.29 is 4.21 Å². The Hall–Kier alpha value is -0.0300. The normalized spacial score (nSPS) is 13.4. The zero-order valence-corrected chi connectivity index (χ0v) is 10.6. The molecule has 14 heavy (non-hydrogen) atoms. The maximum absolute atomic E-state index is 11.1. The van der Waals surface area contributed by atoms with Gasteiger partial charge in [-0.25, -0.2) is 4.21 Å². The van der Waals surface area contributed by atoms with Crippen molar-refractivity contribution in [3.8, 4) is 0 Å². The molecule has 0 spiro atoms. The van der Waals surface area contributed by atoms with Crippen LogP contribution in [0, 0.1) is 0 Å². The van der Waals surface area contributed by atoms with Crippen molar-refractivity contribution in [1.82, 2.24) is 4.98 Å². The first-order valence-corrected chi connectivity index (χ1v) is 6.78. The summed E-state index contributed by atoms with van der Waals surface area (Å²) in [5.74, 6) is 0. The average Bonchev–Trinajstić information content (AvgIpc) is 2.48. The van der Waals surface area contributed by atoms with E-state index in [0.29, 0.717) is 9.92 Å². The molecule has 0 radical (unpaired) electrons. The minimum Gasteiger partial charge on any atom is -0.360 e. The molecule has 0 fully saturated rings. The molecule has 1 aromatic heterocycles. The number of nitrogens with one attached hydrogen (secondary N) is 1. The third-order valence-corrected chi connectivity index (χ3v) is 4.24. The highest BCUT2D eigenvalue weighted by Crippen LogP contribution is 2.31. The van der Waals surface area contributed by atoms with Crippen LogP contribution in [0.5, 0.6) is 0 Å². The molecule has 1 heterocycles. The molecule has 0 aliphatic rings. The maximum Gasteiger partial charge on any atom is 0.149 e. The molecule has 2 aromatic rings. The number of hydrogen-bond donors (Lipinski definition) is 1. The zero-order valence-electron chi connectivity index (χ0n) is 6.68. The van der Waals surface area contributed by atoms with Gasteiger partial charge in [-0.15, -0.1) is 0 Å². The van der Waals surface area contributed by atoms with Crippen LogP contribution in [0.1, 0.15) is 0 Å². The first-order chi connectivity index (χ1) is 6.59. The molecular weight excluding hydrogens is 309 g/mol. The van der Waals surface area contributed by atoms with Crippen LogP contribution in [0.3, 0.4) is 0 Å². The second-order valence-electron chi connectivity index (χ2n) is 2.69. The van der Waals surface area contributed by atoms with Gasteiger partial charge < -0.3 is 4.98 Å². The predicted molar refractivity (Wildman–Crippen MR) is 63.3 cm³/mol. The van der Waals surface area contributed by atoms with E-state index in [1.165, 1.54) is 0 Å². The van der Waals surface area contributed by atoms with Crippen molar-refractivity contribution in [1.29, 1.82) is 0 Å². The summed E-state index contributed by atoms with van der Waals surface area (Å²) in [5.41, 5.74) is 0.821. The lowest BCUT2D eigenvalue weighted by atomic mass is 10.2. The lowest BCUT2D eigenvalue weighted by Gasteiger charge is -1.97.